The molecule has 0 aromatic heterocycles. The maximum atomic E-state index is 11.6. The fraction of sp³-hybridized carbons (Fsp3) is 0.857. The van der Waals surface area contributed by atoms with Crippen LogP contribution in [-0.2, 0) is 14.3 Å². The third-order valence-corrected chi connectivity index (χ3v) is 3.19. The van der Waals surface area contributed by atoms with Gasteiger partial charge in [0.05, 0.1) is 12.7 Å². The summed E-state index contributed by atoms with van der Waals surface area (Å²) in [5, 5.41) is 6.46. The van der Waals surface area contributed by atoms with E-state index >= 15 is 0 Å². The van der Waals surface area contributed by atoms with Crippen LogP contribution < -0.4 is 10.6 Å². The highest BCUT2D eigenvalue weighted by Crippen LogP contribution is 2.10. The lowest BCUT2D eigenvalue weighted by molar-refractivity contribution is -0.127. The summed E-state index contributed by atoms with van der Waals surface area (Å²) in [6, 6.07) is 0.111. The van der Waals surface area contributed by atoms with Gasteiger partial charge in [-0.1, -0.05) is 0 Å². The van der Waals surface area contributed by atoms with E-state index in [2.05, 4.69) is 15.6 Å². The van der Waals surface area contributed by atoms with Crippen molar-refractivity contribution in [2.75, 3.05) is 47.5 Å². The molecule has 1 fully saturated rings. The number of hydrogen-bond donors (Lipinski definition) is 2. The van der Waals surface area contributed by atoms with Crippen LogP contribution in [0.2, 0.25) is 0 Å². The van der Waals surface area contributed by atoms with Crippen molar-refractivity contribution < 1.29 is 14.3 Å². The van der Waals surface area contributed by atoms with E-state index in [0.29, 0.717) is 19.1 Å². The maximum Gasteiger partial charge on any atom is 0.243 e. The lowest BCUT2D eigenvalue weighted by atomic mass is 10.2. The molecule has 0 radical (unpaired) electrons. The van der Waals surface area contributed by atoms with Crippen LogP contribution in [0.15, 0.2) is 4.99 Å². The van der Waals surface area contributed by atoms with E-state index in [9.17, 15) is 4.79 Å². The number of carbonyl (C=O) groups excluding carboxylic acids is 1. The molecule has 122 valence electrons. The van der Waals surface area contributed by atoms with Crippen molar-refractivity contribution in [3.8, 4) is 0 Å². The Kier molecular flexibility index (Phi) is 8.07. The first-order chi connectivity index (χ1) is 10.0. The Labute approximate surface area is 127 Å². The van der Waals surface area contributed by atoms with Crippen molar-refractivity contribution in [3.63, 3.8) is 0 Å². The monoisotopic (exact) mass is 300 g/mol. The molecule has 1 amide bonds. The topological polar surface area (TPSA) is 75.2 Å². The van der Waals surface area contributed by atoms with Gasteiger partial charge < -0.3 is 25.0 Å². The van der Waals surface area contributed by atoms with E-state index in [1.807, 2.05) is 6.92 Å². The number of hydrogen-bond acceptors (Lipinski definition) is 4. The molecule has 2 N–H and O–H groups in total. The summed E-state index contributed by atoms with van der Waals surface area (Å²) in [6.45, 7) is 4.21. The molecule has 0 bridgehead atoms. The molecule has 1 saturated heterocycles. The number of methoxy groups -OCH3 is 1. The highest BCUT2D eigenvalue weighted by atomic mass is 16.5. The molecule has 0 spiro atoms. The van der Waals surface area contributed by atoms with Crippen LogP contribution in [0.1, 0.15) is 19.8 Å². The summed E-state index contributed by atoms with van der Waals surface area (Å²) in [5.41, 5.74) is 0. The van der Waals surface area contributed by atoms with Crippen LogP contribution in [0.25, 0.3) is 0 Å². The zero-order chi connectivity index (χ0) is 15.7. The Morgan fingerprint density at radius 2 is 2.29 bits per heavy atom. The van der Waals surface area contributed by atoms with E-state index < -0.39 is 0 Å². The normalized spacial score (nSPS) is 20.2. The summed E-state index contributed by atoms with van der Waals surface area (Å²) in [7, 11) is 5.10. The van der Waals surface area contributed by atoms with Crippen LogP contribution in [0.5, 0.6) is 0 Å². The Morgan fingerprint density at radius 3 is 2.86 bits per heavy atom. The minimum atomic E-state index is -0.0346. The molecule has 1 heterocycles. The molecule has 7 nitrogen and oxygen atoms in total. The zero-order valence-corrected chi connectivity index (χ0v) is 13.5. The number of amides is 1. The Bertz CT molecular complexity index is 341. The first-order valence-corrected chi connectivity index (χ1v) is 7.38. The number of nitrogens with zero attached hydrogens (tertiary/aromatic N) is 2. The standard InChI is InChI=1S/C14H28N4O3/c1-11(10-20-4)17-14(16-9-13(19)18(2)3)15-8-12-6-5-7-21-12/h11-12H,5-10H2,1-4H3,(H2,15,16,17). The predicted molar refractivity (Wildman–Crippen MR) is 82.4 cm³/mol. The SMILES string of the molecule is COCC(C)NC(=NCC(=O)N(C)C)NCC1CCCO1. The summed E-state index contributed by atoms with van der Waals surface area (Å²) in [5.74, 6) is 0.581. The molecule has 2 atom stereocenters. The van der Waals surface area contributed by atoms with Gasteiger partial charge >= 0.3 is 0 Å². The van der Waals surface area contributed by atoms with Crippen LogP contribution in [0, 0.1) is 0 Å². The summed E-state index contributed by atoms with van der Waals surface area (Å²) >= 11 is 0. The fourth-order valence-corrected chi connectivity index (χ4v) is 1.98. The van der Waals surface area contributed by atoms with Crippen LogP contribution in [-0.4, -0.2) is 76.4 Å². The first-order valence-electron chi connectivity index (χ1n) is 7.38. The Hall–Kier alpha value is -1.34. The van der Waals surface area contributed by atoms with Gasteiger partial charge in [-0.05, 0) is 19.8 Å². The number of aliphatic imine (C=N–C) groups is 1. The average Bonchev–Trinajstić information content (AvgIpc) is 2.94. The van der Waals surface area contributed by atoms with Gasteiger partial charge in [0.25, 0.3) is 0 Å². The van der Waals surface area contributed by atoms with Gasteiger partial charge in [-0.15, -0.1) is 0 Å². The second kappa shape index (κ2) is 9.57. The predicted octanol–water partition coefficient (Wildman–Crippen LogP) is -0.176. The lowest BCUT2D eigenvalue weighted by Crippen LogP contribution is -2.46. The van der Waals surface area contributed by atoms with Crippen LogP contribution >= 0.6 is 0 Å². The summed E-state index contributed by atoms with van der Waals surface area (Å²) < 4.78 is 10.7. The second-order valence-electron chi connectivity index (χ2n) is 5.47. The molecule has 0 aliphatic carbocycles. The Morgan fingerprint density at radius 1 is 1.52 bits per heavy atom. The number of carbonyl (C=O) groups is 1. The van der Waals surface area contributed by atoms with Crippen molar-refractivity contribution in [1.29, 1.82) is 0 Å². The number of rotatable bonds is 7. The summed E-state index contributed by atoms with van der Waals surface area (Å²) in [4.78, 5) is 17.5. The molecule has 1 aliphatic heterocycles. The van der Waals surface area contributed by atoms with Crippen molar-refractivity contribution in [1.82, 2.24) is 15.5 Å². The van der Waals surface area contributed by atoms with Crippen molar-refractivity contribution in [2.45, 2.75) is 31.9 Å². The molecule has 0 aromatic rings. The van der Waals surface area contributed by atoms with Crippen molar-refractivity contribution in [3.05, 3.63) is 0 Å². The van der Waals surface area contributed by atoms with Gasteiger partial charge in [0.15, 0.2) is 5.96 Å². The molecule has 0 saturated carbocycles. The molecular weight excluding hydrogens is 272 g/mol. The first kappa shape index (κ1) is 17.7. The third kappa shape index (κ3) is 7.29. The minimum absolute atomic E-state index is 0.0346. The fourth-order valence-electron chi connectivity index (χ4n) is 1.98. The number of nitrogens with one attached hydrogen (secondary N) is 2. The van der Waals surface area contributed by atoms with Gasteiger partial charge in [-0.2, -0.15) is 0 Å². The number of guanidine groups is 1. The molecule has 21 heavy (non-hydrogen) atoms. The molecular formula is C14H28N4O3. The third-order valence-electron chi connectivity index (χ3n) is 3.19. The van der Waals surface area contributed by atoms with E-state index in [-0.39, 0.29) is 24.6 Å². The molecule has 0 aromatic carbocycles. The second-order valence-corrected chi connectivity index (χ2v) is 5.47. The molecule has 2 unspecified atom stereocenters. The average molecular weight is 300 g/mol. The lowest BCUT2D eigenvalue weighted by Gasteiger charge is -2.19. The molecule has 1 rings (SSSR count). The van der Waals surface area contributed by atoms with E-state index in [1.54, 1.807) is 21.2 Å². The van der Waals surface area contributed by atoms with E-state index in [4.69, 9.17) is 9.47 Å². The highest BCUT2D eigenvalue weighted by Gasteiger charge is 2.16. The quantitative estimate of drug-likeness (QED) is 0.504. The summed E-state index contributed by atoms with van der Waals surface area (Å²) in [6.07, 6.45) is 2.38. The van der Waals surface area contributed by atoms with Gasteiger partial charge in [-0.3, -0.25) is 4.79 Å². The number of likely N-dealkylation sites (N-methyl/N-ethyl adjacent to an activating group) is 1. The van der Waals surface area contributed by atoms with Crippen molar-refractivity contribution in [2.24, 2.45) is 4.99 Å². The van der Waals surface area contributed by atoms with Crippen molar-refractivity contribution >= 4 is 11.9 Å². The smallest absolute Gasteiger partial charge is 0.243 e. The van der Waals surface area contributed by atoms with Crippen LogP contribution in [0.4, 0.5) is 0 Å². The maximum absolute atomic E-state index is 11.6. The molecule has 1 aliphatic rings. The minimum Gasteiger partial charge on any atom is -0.383 e. The molecule has 7 heteroatoms. The highest BCUT2D eigenvalue weighted by molar-refractivity contribution is 5.84. The van der Waals surface area contributed by atoms with Crippen LogP contribution in [0.3, 0.4) is 0 Å². The van der Waals surface area contributed by atoms with Gasteiger partial charge in [-0.25, -0.2) is 4.99 Å². The van der Waals surface area contributed by atoms with Gasteiger partial charge in [0, 0.05) is 40.4 Å². The largest absolute Gasteiger partial charge is 0.383 e. The zero-order valence-electron chi connectivity index (χ0n) is 13.5. The Balaban J connectivity index is 2.50. The van der Waals surface area contributed by atoms with E-state index in [1.165, 1.54) is 4.90 Å². The number of ether oxygens (including phenoxy) is 2. The van der Waals surface area contributed by atoms with E-state index in [0.717, 1.165) is 19.4 Å². The van der Waals surface area contributed by atoms with Gasteiger partial charge in [0.1, 0.15) is 6.54 Å². The van der Waals surface area contributed by atoms with Gasteiger partial charge in [0.2, 0.25) is 5.91 Å².